The molecule has 0 radical (unpaired) electrons. The summed E-state index contributed by atoms with van der Waals surface area (Å²) in [6.45, 7) is 3.20. The zero-order valence-electron chi connectivity index (χ0n) is 39.6. The smallest absolute Gasteiger partial charge is 0.200 e. The molecule has 0 aliphatic carbocycles. The summed E-state index contributed by atoms with van der Waals surface area (Å²) in [5.74, 6) is -71.4. The second-order valence-corrected chi connectivity index (χ2v) is 17.7. The summed E-state index contributed by atoms with van der Waals surface area (Å²) in [6.07, 6.45) is 12.4. The number of hydrogen-bond donors (Lipinski definition) is 0. The Morgan fingerprint density at radius 1 is 0.289 bits per heavy atom. The molecule has 1 aromatic heterocycles. The van der Waals surface area contributed by atoms with E-state index in [2.05, 4.69) is 90.6 Å². The first kappa shape index (κ1) is 58.4. The van der Waals surface area contributed by atoms with E-state index < -0.39 is 144 Å². The zero-order chi connectivity index (χ0) is 55.9. The van der Waals surface area contributed by atoms with Crippen molar-refractivity contribution in [3.63, 3.8) is 0 Å². The van der Waals surface area contributed by atoms with Gasteiger partial charge in [-0.2, -0.15) is 0 Å². The molecule has 22 heteroatoms. The number of unbranched alkanes of at least 4 members (excludes halogenated alkanes) is 9. The molecular weight excluding hydrogens is 1050 g/mol. The molecule has 0 amide bonds. The van der Waals surface area contributed by atoms with Crippen LogP contribution < -0.4 is 26.4 Å². The van der Waals surface area contributed by atoms with Gasteiger partial charge in [-0.1, -0.05) is 119 Å². The van der Waals surface area contributed by atoms with Crippen LogP contribution in [0, 0.1) is 116 Å². The highest BCUT2D eigenvalue weighted by Gasteiger charge is 2.52. The Morgan fingerprint density at radius 3 is 0.882 bits per heavy atom. The minimum Gasteiger partial charge on any atom is -0.207 e. The molecule has 0 saturated carbocycles. The topological polar surface area (TPSA) is 3.88 Å². The molecular formula is C54H40BF20N. The van der Waals surface area contributed by atoms with Gasteiger partial charge in [0.15, 0.2) is 88.7 Å². The maximum Gasteiger partial charge on any atom is 0.200 e. The van der Waals surface area contributed by atoms with Crippen LogP contribution in [0.3, 0.4) is 0 Å². The Balaban J connectivity index is 0.000000264. The second-order valence-electron chi connectivity index (χ2n) is 17.7. The molecule has 1 nitrogen and oxygen atoms in total. The summed E-state index contributed by atoms with van der Waals surface area (Å²) in [6, 6.07) is 24.2. The molecule has 0 unspecified atom stereocenters. The number of pyridine rings is 1. The van der Waals surface area contributed by atoms with E-state index in [0.717, 1.165) is 6.54 Å². The van der Waals surface area contributed by atoms with Crippen LogP contribution >= 0.6 is 0 Å². The van der Waals surface area contributed by atoms with Crippen LogP contribution in [0.5, 0.6) is 0 Å². The highest BCUT2D eigenvalue weighted by atomic mass is 19.2. The molecule has 76 heavy (non-hydrogen) atoms. The van der Waals surface area contributed by atoms with Crippen LogP contribution in [0.15, 0.2) is 79.1 Å². The van der Waals surface area contributed by atoms with Crippen LogP contribution in [0.25, 0.3) is 11.1 Å². The molecule has 0 N–H and O–H groups in total. The van der Waals surface area contributed by atoms with Crippen LogP contribution in [-0.4, -0.2) is 6.15 Å². The fourth-order valence-electron chi connectivity index (χ4n) is 9.10. The Morgan fingerprint density at radius 2 is 0.566 bits per heavy atom. The van der Waals surface area contributed by atoms with Crippen LogP contribution in [0.1, 0.15) is 82.3 Å². The number of aromatic nitrogens is 1. The summed E-state index contributed by atoms with van der Waals surface area (Å²) >= 11 is 0. The van der Waals surface area contributed by atoms with Crippen LogP contribution in [0.2, 0.25) is 0 Å². The van der Waals surface area contributed by atoms with Crippen molar-refractivity contribution in [3.05, 3.63) is 207 Å². The molecule has 7 rings (SSSR count). The molecule has 0 aliphatic heterocycles. The van der Waals surface area contributed by atoms with Crippen molar-refractivity contribution < 1.29 is 92.4 Å². The highest BCUT2D eigenvalue weighted by molar-refractivity contribution is 7.20. The van der Waals surface area contributed by atoms with Gasteiger partial charge < -0.3 is 0 Å². The van der Waals surface area contributed by atoms with E-state index >= 15 is 35.1 Å². The Hall–Kier alpha value is -6.87. The number of rotatable bonds is 18. The summed E-state index contributed by atoms with van der Waals surface area (Å²) in [4.78, 5) is 0. The lowest BCUT2D eigenvalue weighted by atomic mass is 9.12. The Bertz CT molecular complexity index is 2820. The highest BCUT2D eigenvalue weighted by Crippen LogP contribution is 2.31. The molecule has 0 spiro atoms. The number of hydrogen-bond acceptors (Lipinski definition) is 0. The summed E-state index contributed by atoms with van der Waals surface area (Å²) in [5.41, 5.74) is -8.94. The van der Waals surface area contributed by atoms with Crippen molar-refractivity contribution in [2.75, 3.05) is 0 Å². The predicted octanol–water partition coefficient (Wildman–Crippen LogP) is 14.0. The quantitative estimate of drug-likeness (QED) is 0.0201. The van der Waals surface area contributed by atoms with Gasteiger partial charge in [-0.3, -0.25) is 0 Å². The van der Waals surface area contributed by atoms with Crippen LogP contribution in [0.4, 0.5) is 87.8 Å². The van der Waals surface area contributed by atoms with E-state index in [1.165, 1.54) is 92.9 Å². The summed E-state index contributed by atoms with van der Waals surface area (Å²) < 4.78 is 296. The summed E-state index contributed by atoms with van der Waals surface area (Å²) in [5, 5.41) is 0. The number of aryl methyl sites for hydroxylation is 1. The third kappa shape index (κ3) is 11.3. The van der Waals surface area contributed by atoms with E-state index in [-0.39, 0.29) is 0 Å². The number of nitrogens with zero attached hydrogens (tertiary/aromatic N) is 1. The number of benzene rings is 6. The minimum atomic E-state index is -7.22. The van der Waals surface area contributed by atoms with Crippen molar-refractivity contribution in [1.82, 2.24) is 0 Å². The summed E-state index contributed by atoms with van der Waals surface area (Å²) in [7, 11) is 0. The Labute approximate surface area is 421 Å². The lowest BCUT2D eigenvalue weighted by Crippen LogP contribution is -2.81. The second kappa shape index (κ2) is 24.9. The van der Waals surface area contributed by atoms with E-state index in [1.54, 1.807) is 0 Å². The predicted molar refractivity (Wildman–Crippen MR) is 242 cm³/mol. The van der Waals surface area contributed by atoms with Crippen molar-refractivity contribution in [3.8, 4) is 11.1 Å². The fraction of sp³-hybridized carbons (Fsp3) is 0.241. The maximum atomic E-state index is 15.4. The standard InChI is InChI=1S/C30H40N.C24BF20/c1-2-3-4-5-6-7-8-9-10-12-15-27-18-20-29(21-19-27)30-22-24-31(25-23-30)26-28-16-13-11-14-17-28;26-5-1(6(27)14(35)21(42)13(5)34)25(2-7(28)15(36)22(43)16(37)8(2)29,3-9(30)17(38)23(44)18(39)10(3)31)4-11(32)19(40)24(45)20(41)12(4)33/h11,13-14,16-25H,2-10,12,15,26H2,1H3;/q+1;-1. The van der Waals surface area contributed by atoms with Gasteiger partial charge in [-0.15, -0.1) is 21.9 Å². The van der Waals surface area contributed by atoms with Crippen molar-refractivity contribution >= 4 is 28.0 Å². The Kier molecular flexibility index (Phi) is 19.1. The SMILES string of the molecule is CCCCCCCCCCCCc1ccc(-c2cc[n+](Cc3ccccc3)cc2)cc1.Fc1c(F)c(F)c([B-](c2c(F)c(F)c(F)c(F)c2F)(c2c(F)c(F)c(F)c(F)c2F)c2c(F)c(F)c(F)c(F)c2F)c(F)c1F. The van der Waals surface area contributed by atoms with Gasteiger partial charge in [-0.25, -0.2) is 92.4 Å². The maximum absolute atomic E-state index is 15.4. The lowest BCUT2D eigenvalue weighted by Gasteiger charge is -2.44. The first-order valence-electron chi connectivity index (χ1n) is 23.4. The van der Waals surface area contributed by atoms with Gasteiger partial charge in [0.1, 0.15) is 52.7 Å². The van der Waals surface area contributed by atoms with Crippen molar-refractivity contribution in [2.24, 2.45) is 0 Å². The molecule has 0 saturated heterocycles. The van der Waals surface area contributed by atoms with Gasteiger partial charge >= 0.3 is 0 Å². The fourth-order valence-corrected chi connectivity index (χ4v) is 9.10. The van der Waals surface area contributed by atoms with E-state index in [4.69, 9.17) is 0 Å². The third-order valence-electron chi connectivity index (χ3n) is 12.9. The van der Waals surface area contributed by atoms with Crippen LogP contribution in [-0.2, 0) is 13.0 Å². The van der Waals surface area contributed by atoms with Gasteiger partial charge in [0.05, 0.1) is 0 Å². The molecule has 6 aromatic carbocycles. The average molecular weight is 1090 g/mol. The molecule has 0 atom stereocenters. The van der Waals surface area contributed by atoms with E-state index in [9.17, 15) is 52.7 Å². The molecule has 404 valence electrons. The minimum absolute atomic E-state index is 0.916. The van der Waals surface area contributed by atoms with Gasteiger partial charge in [0.25, 0.3) is 0 Å². The van der Waals surface area contributed by atoms with Gasteiger partial charge in [0, 0.05) is 17.7 Å². The van der Waals surface area contributed by atoms with E-state index in [1.807, 2.05) is 0 Å². The van der Waals surface area contributed by atoms with Crippen molar-refractivity contribution in [1.29, 1.82) is 0 Å². The van der Waals surface area contributed by atoms with Gasteiger partial charge in [-0.05, 0) is 29.5 Å². The average Bonchev–Trinajstić information content (AvgIpc) is 3.44. The first-order chi connectivity index (χ1) is 36.0. The monoisotopic (exact) mass is 1090 g/mol. The third-order valence-corrected chi connectivity index (χ3v) is 12.9. The lowest BCUT2D eigenvalue weighted by molar-refractivity contribution is -0.688. The van der Waals surface area contributed by atoms with Gasteiger partial charge in [0.2, 0.25) is 0 Å². The first-order valence-corrected chi connectivity index (χ1v) is 23.4. The molecule has 0 fully saturated rings. The van der Waals surface area contributed by atoms with E-state index in [0.29, 0.717) is 0 Å². The molecule has 0 bridgehead atoms. The largest absolute Gasteiger partial charge is 0.207 e. The molecule has 1 heterocycles. The molecule has 7 aromatic rings. The zero-order valence-corrected chi connectivity index (χ0v) is 39.6. The normalized spacial score (nSPS) is 11.6. The van der Waals surface area contributed by atoms with Crippen molar-refractivity contribution in [2.45, 2.75) is 84.1 Å². The molecule has 0 aliphatic rings. The number of halogens is 20.